The number of ether oxygens (including phenoxy) is 1. The molecule has 1 rings (SSSR count). The number of rotatable bonds is 3. The molecule has 0 fully saturated rings. The van der Waals surface area contributed by atoms with Crippen LogP contribution in [0, 0.1) is 11.3 Å². The van der Waals surface area contributed by atoms with Crippen molar-refractivity contribution in [3.05, 3.63) is 12.2 Å². The van der Waals surface area contributed by atoms with E-state index in [2.05, 4.69) is 14.8 Å². The van der Waals surface area contributed by atoms with E-state index < -0.39 is 5.97 Å². The molecule has 0 N–H and O–H groups in total. The van der Waals surface area contributed by atoms with Gasteiger partial charge in [-0.1, -0.05) is 0 Å². The van der Waals surface area contributed by atoms with E-state index in [9.17, 15) is 4.79 Å². The quantitative estimate of drug-likeness (QED) is 0.656. The Hall–Kier alpha value is -1.90. The molecule has 0 radical (unpaired) electrons. The first-order valence-electron chi connectivity index (χ1n) is 4.05. The van der Waals surface area contributed by atoms with Crippen LogP contribution >= 0.6 is 0 Å². The van der Waals surface area contributed by atoms with Gasteiger partial charge in [0.25, 0.3) is 5.82 Å². The van der Waals surface area contributed by atoms with Gasteiger partial charge in [0.2, 0.25) is 0 Å². The number of esters is 1. The summed E-state index contributed by atoms with van der Waals surface area (Å²) in [5.74, 6) is -0.565. The predicted molar refractivity (Wildman–Crippen MR) is 46.3 cm³/mol. The molecule has 0 aliphatic carbocycles. The molecule has 0 aromatic carbocycles. The van der Waals surface area contributed by atoms with Gasteiger partial charge in [-0.25, -0.2) is 14.5 Å². The molecule has 14 heavy (non-hydrogen) atoms. The fraction of sp³-hybridized carbons (Fsp3) is 0.500. The highest BCUT2D eigenvalue weighted by Crippen LogP contribution is 2.07. The zero-order valence-electron chi connectivity index (χ0n) is 7.97. The maximum Gasteiger partial charge on any atom is 0.377 e. The first kappa shape index (κ1) is 10.2. The summed E-state index contributed by atoms with van der Waals surface area (Å²) in [4.78, 5) is 14.7. The average Bonchev–Trinajstić information content (AvgIpc) is 2.66. The van der Waals surface area contributed by atoms with Crippen LogP contribution in [0.5, 0.6) is 0 Å². The van der Waals surface area contributed by atoms with Crippen LogP contribution in [-0.4, -0.2) is 27.8 Å². The predicted octanol–water partition coefficient (Wildman–Crippen LogP) is 0.539. The van der Waals surface area contributed by atoms with E-state index in [4.69, 9.17) is 5.26 Å². The normalized spacial score (nSPS) is 11.8. The standard InChI is InChI=1S/C8H10N4O2/c1-6(3-4-9)12-5-10-7(11-12)8(13)14-2/h5-6H,3H2,1-2H3. The Morgan fingerprint density at radius 3 is 3.14 bits per heavy atom. The Morgan fingerprint density at radius 1 is 1.86 bits per heavy atom. The Morgan fingerprint density at radius 2 is 2.57 bits per heavy atom. The molecule has 0 amide bonds. The molecule has 0 spiro atoms. The van der Waals surface area contributed by atoms with E-state index in [-0.39, 0.29) is 11.9 Å². The van der Waals surface area contributed by atoms with Gasteiger partial charge in [0, 0.05) is 0 Å². The second kappa shape index (κ2) is 4.37. The maximum atomic E-state index is 11.0. The molecule has 74 valence electrons. The third-order valence-corrected chi connectivity index (χ3v) is 1.71. The summed E-state index contributed by atoms with van der Waals surface area (Å²) in [7, 11) is 1.27. The van der Waals surface area contributed by atoms with Gasteiger partial charge in [-0.2, -0.15) is 5.26 Å². The summed E-state index contributed by atoms with van der Waals surface area (Å²) in [6, 6.07) is 1.92. The average molecular weight is 194 g/mol. The minimum Gasteiger partial charge on any atom is -0.463 e. The summed E-state index contributed by atoms with van der Waals surface area (Å²) in [6.45, 7) is 1.82. The van der Waals surface area contributed by atoms with Gasteiger partial charge in [-0.3, -0.25) is 0 Å². The number of hydrogen-bond acceptors (Lipinski definition) is 5. The van der Waals surface area contributed by atoms with Crippen molar-refractivity contribution >= 4 is 5.97 Å². The SMILES string of the molecule is COC(=O)c1ncn(C(C)CC#N)n1. The third-order valence-electron chi connectivity index (χ3n) is 1.71. The highest BCUT2D eigenvalue weighted by Gasteiger charge is 2.13. The molecule has 6 nitrogen and oxygen atoms in total. The molecule has 1 unspecified atom stereocenters. The van der Waals surface area contributed by atoms with Gasteiger partial charge in [0.15, 0.2) is 0 Å². The van der Waals surface area contributed by atoms with E-state index in [0.29, 0.717) is 6.42 Å². The van der Waals surface area contributed by atoms with E-state index in [0.717, 1.165) is 0 Å². The molecule has 0 saturated carbocycles. The molecular formula is C8H10N4O2. The molecule has 0 aliphatic rings. The minimum atomic E-state index is -0.576. The molecular weight excluding hydrogens is 184 g/mol. The maximum absolute atomic E-state index is 11.0. The number of nitriles is 1. The van der Waals surface area contributed by atoms with E-state index in [1.807, 2.05) is 13.0 Å². The minimum absolute atomic E-state index is 0.0114. The van der Waals surface area contributed by atoms with Crippen molar-refractivity contribution in [2.75, 3.05) is 7.11 Å². The lowest BCUT2D eigenvalue weighted by atomic mass is 10.3. The van der Waals surface area contributed by atoms with E-state index >= 15 is 0 Å². The molecule has 0 bridgehead atoms. The molecule has 1 aromatic rings. The van der Waals surface area contributed by atoms with Crippen molar-refractivity contribution < 1.29 is 9.53 Å². The van der Waals surface area contributed by atoms with Crippen molar-refractivity contribution in [1.82, 2.24) is 14.8 Å². The van der Waals surface area contributed by atoms with Gasteiger partial charge in [-0.05, 0) is 6.92 Å². The highest BCUT2D eigenvalue weighted by molar-refractivity contribution is 5.84. The lowest BCUT2D eigenvalue weighted by Crippen LogP contribution is -2.08. The van der Waals surface area contributed by atoms with Crippen LogP contribution in [0.3, 0.4) is 0 Å². The topological polar surface area (TPSA) is 80.8 Å². The Labute approximate surface area is 81.1 Å². The molecule has 0 aliphatic heterocycles. The van der Waals surface area contributed by atoms with Crippen molar-refractivity contribution in [2.45, 2.75) is 19.4 Å². The molecule has 6 heteroatoms. The van der Waals surface area contributed by atoms with Crippen LogP contribution in [0.4, 0.5) is 0 Å². The van der Waals surface area contributed by atoms with Gasteiger partial charge >= 0.3 is 5.97 Å². The van der Waals surface area contributed by atoms with Crippen molar-refractivity contribution in [3.63, 3.8) is 0 Å². The zero-order chi connectivity index (χ0) is 10.6. The largest absolute Gasteiger partial charge is 0.463 e. The van der Waals surface area contributed by atoms with Crippen molar-refractivity contribution in [1.29, 1.82) is 5.26 Å². The zero-order valence-corrected chi connectivity index (χ0v) is 7.97. The lowest BCUT2D eigenvalue weighted by molar-refractivity contribution is 0.0586. The van der Waals surface area contributed by atoms with Crippen LogP contribution in [0.1, 0.15) is 30.0 Å². The molecule has 1 heterocycles. The summed E-state index contributed by atoms with van der Waals surface area (Å²) >= 11 is 0. The van der Waals surface area contributed by atoms with Crippen LogP contribution in [0.15, 0.2) is 6.33 Å². The van der Waals surface area contributed by atoms with Gasteiger partial charge in [0.05, 0.1) is 25.6 Å². The Bertz CT molecular complexity index is 366. The fourth-order valence-electron chi connectivity index (χ4n) is 0.898. The number of nitrogens with zero attached hydrogens (tertiary/aromatic N) is 4. The highest BCUT2D eigenvalue weighted by atomic mass is 16.5. The lowest BCUT2D eigenvalue weighted by Gasteiger charge is -2.04. The molecule has 1 atom stereocenters. The Kier molecular flexibility index (Phi) is 3.18. The van der Waals surface area contributed by atoms with Gasteiger partial charge in [0.1, 0.15) is 6.33 Å². The number of hydrogen-bond donors (Lipinski definition) is 0. The fourth-order valence-corrected chi connectivity index (χ4v) is 0.898. The van der Waals surface area contributed by atoms with E-state index in [1.165, 1.54) is 18.1 Å². The van der Waals surface area contributed by atoms with Crippen LogP contribution in [-0.2, 0) is 4.74 Å². The number of carbonyl (C=O) groups is 1. The Balaban J connectivity index is 2.78. The monoisotopic (exact) mass is 194 g/mol. The number of methoxy groups -OCH3 is 1. The third kappa shape index (κ3) is 2.07. The first-order valence-corrected chi connectivity index (χ1v) is 4.05. The van der Waals surface area contributed by atoms with Gasteiger partial charge in [-0.15, -0.1) is 5.10 Å². The molecule has 0 saturated heterocycles. The van der Waals surface area contributed by atoms with Crippen molar-refractivity contribution in [3.8, 4) is 6.07 Å². The number of carbonyl (C=O) groups excluding carboxylic acids is 1. The molecule has 1 aromatic heterocycles. The second-order valence-corrected chi connectivity index (χ2v) is 2.75. The first-order chi connectivity index (χ1) is 6.69. The summed E-state index contributed by atoms with van der Waals surface area (Å²) in [5.41, 5.74) is 0. The van der Waals surface area contributed by atoms with Crippen LogP contribution in [0.2, 0.25) is 0 Å². The summed E-state index contributed by atoms with van der Waals surface area (Å²) in [5, 5.41) is 12.3. The van der Waals surface area contributed by atoms with Crippen molar-refractivity contribution in [2.24, 2.45) is 0 Å². The van der Waals surface area contributed by atoms with Crippen LogP contribution in [0.25, 0.3) is 0 Å². The van der Waals surface area contributed by atoms with Gasteiger partial charge < -0.3 is 4.74 Å². The number of aromatic nitrogens is 3. The second-order valence-electron chi connectivity index (χ2n) is 2.75. The summed E-state index contributed by atoms with van der Waals surface area (Å²) < 4.78 is 5.91. The van der Waals surface area contributed by atoms with Crippen LogP contribution < -0.4 is 0 Å². The smallest absolute Gasteiger partial charge is 0.377 e. The van der Waals surface area contributed by atoms with E-state index in [1.54, 1.807) is 0 Å². The summed E-state index contributed by atoms with van der Waals surface area (Å²) in [6.07, 6.45) is 1.73.